The number of esters is 1. The van der Waals surface area contributed by atoms with Gasteiger partial charge in [0, 0.05) is 17.3 Å². The van der Waals surface area contributed by atoms with Crippen molar-refractivity contribution in [2.45, 2.75) is 26.7 Å². The van der Waals surface area contributed by atoms with Crippen LogP contribution in [0.15, 0.2) is 76.3 Å². The lowest BCUT2D eigenvalue weighted by Gasteiger charge is -2.18. The molecule has 14 nitrogen and oxygen atoms in total. The van der Waals surface area contributed by atoms with Crippen molar-refractivity contribution in [2.24, 2.45) is 0 Å². The van der Waals surface area contributed by atoms with Crippen molar-refractivity contribution in [1.82, 2.24) is 19.6 Å². The molecule has 248 valence electrons. The largest absolute Gasteiger partial charge is 0.493 e. The van der Waals surface area contributed by atoms with Crippen LogP contribution in [0.3, 0.4) is 0 Å². The Morgan fingerprint density at radius 2 is 1.29 bits per heavy atom. The lowest BCUT2D eigenvalue weighted by molar-refractivity contribution is -0.145. The molecule has 0 saturated carbocycles. The van der Waals surface area contributed by atoms with Gasteiger partial charge in [0.2, 0.25) is 0 Å². The number of methoxy groups -OCH3 is 1. The summed E-state index contributed by atoms with van der Waals surface area (Å²) in [5.74, 6) is -3.49. The van der Waals surface area contributed by atoms with E-state index in [9.17, 15) is 34.2 Å². The van der Waals surface area contributed by atoms with E-state index in [2.05, 4.69) is 10.2 Å². The summed E-state index contributed by atoms with van der Waals surface area (Å²) in [6.45, 7) is 4.80. The number of carboxylic acids is 2. The van der Waals surface area contributed by atoms with Gasteiger partial charge in [0.15, 0.2) is 18.1 Å². The van der Waals surface area contributed by atoms with Crippen LogP contribution in [-0.2, 0) is 9.53 Å². The summed E-state index contributed by atoms with van der Waals surface area (Å²) in [5, 5.41) is 25.1. The molecular weight excluding hydrogens is 624 g/mol. The minimum Gasteiger partial charge on any atom is -0.493 e. The van der Waals surface area contributed by atoms with E-state index < -0.39 is 34.9 Å². The number of nitrogens with one attached hydrogen (secondary N) is 2. The average Bonchev–Trinajstić information content (AvgIpc) is 3.54. The maximum Gasteiger partial charge on any atom is 0.344 e. The van der Waals surface area contributed by atoms with Gasteiger partial charge >= 0.3 is 17.9 Å². The molecule has 0 fully saturated rings. The Kier molecular flexibility index (Phi) is 9.36. The Balaban J connectivity index is 1.72. The van der Waals surface area contributed by atoms with Crippen LogP contribution in [0.5, 0.6) is 11.5 Å². The second kappa shape index (κ2) is 13.6. The first-order valence-corrected chi connectivity index (χ1v) is 14.7. The van der Waals surface area contributed by atoms with E-state index in [4.69, 9.17) is 14.2 Å². The van der Waals surface area contributed by atoms with Gasteiger partial charge in [-0.15, -0.1) is 0 Å². The minimum atomic E-state index is -1.17. The molecule has 0 unspecified atom stereocenters. The fourth-order valence-electron chi connectivity index (χ4n) is 5.52. The van der Waals surface area contributed by atoms with E-state index in [1.165, 1.54) is 52.9 Å². The van der Waals surface area contributed by atoms with Crippen molar-refractivity contribution in [3.8, 4) is 22.9 Å². The minimum absolute atomic E-state index is 0.0270. The molecule has 0 saturated heterocycles. The number of aromatic carboxylic acids is 2. The number of aromatic nitrogens is 4. The first-order chi connectivity index (χ1) is 22.9. The predicted octanol–water partition coefficient (Wildman–Crippen LogP) is 3.79. The van der Waals surface area contributed by atoms with E-state index in [0.29, 0.717) is 17.0 Å². The molecule has 0 radical (unpaired) electrons. The molecule has 48 heavy (non-hydrogen) atoms. The average molecular weight is 657 g/mol. The molecule has 0 aliphatic carbocycles. The van der Waals surface area contributed by atoms with Crippen LogP contribution in [0.4, 0.5) is 0 Å². The number of carbonyl (C=O) groups is 3. The van der Waals surface area contributed by atoms with Crippen molar-refractivity contribution >= 4 is 17.9 Å². The number of H-pyrrole nitrogens is 2. The number of carboxylic acid groups (broad SMARTS) is 2. The lowest BCUT2D eigenvalue weighted by Crippen LogP contribution is -2.25. The van der Waals surface area contributed by atoms with Crippen LogP contribution >= 0.6 is 0 Å². The standard InChI is InChI=1S/C34H32N4O10/c1-5-47-27(39)17-48-25-13-12-20(16-26(25)46-4)30(28-18(2)35-37(31(28)40)23-10-6-8-21(14-23)33(42)43)29-19(3)36-38(32(29)41)24-11-7-9-22(15-24)34(44)45/h6-16,30,35-36H,5,17H2,1-4H3,(H,42,43)(H,44,45). The Hall–Kier alpha value is -6.31. The number of hydrogen-bond donors (Lipinski definition) is 4. The molecule has 0 spiro atoms. The van der Waals surface area contributed by atoms with E-state index in [1.54, 1.807) is 51.1 Å². The molecule has 0 atom stereocenters. The second-order valence-electron chi connectivity index (χ2n) is 10.7. The van der Waals surface area contributed by atoms with Crippen LogP contribution < -0.4 is 20.6 Å². The van der Waals surface area contributed by atoms with E-state index >= 15 is 0 Å². The fourth-order valence-corrected chi connectivity index (χ4v) is 5.52. The van der Waals surface area contributed by atoms with Crippen molar-refractivity contribution in [3.63, 3.8) is 0 Å². The third-order valence-electron chi connectivity index (χ3n) is 7.69. The second-order valence-corrected chi connectivity index (χ2v) is 10.7. The first kappa shape index (κ1) is 33.1. The maximum absolute atomic E-state index is 14.2. The highest BCUT2D eigenvalue weighted by atomic mass is 16.6. The quantitative estimate of drug-likeness (QED) is 0.144. The number of aryl methyl sites for hydroxylation is 2. The molecule has 0 aliphatic heterocycles. The van der Waals surface area contributed by atoms with E-state index in [-0.39, 0.29) is 58.3 Å². The number of rotatable bonds is 12. The SMILES string of the molecule is CCOC(=O)COc1ccc(C(c2c(C)[nH]n(-c3cccc(C(=O)O)c3)c2=O)c2c(C)[nH]n(-c3cccc(C(=O)O)c3)c2=O)cc1OC. The van der Waals surface area contributed by atoms with Crippen molar-refractivity contribution in [1.29, 1.82) is 0 Å². The molecule has 5 rings (SSSR count). The monoisotopic (exact) mass is 656 g/mol. The molecule has 0 aliphatic rings. The van der Waals surface area contributed by atoms with Crippen molar-refractivity contribution in [3.05, 3.63) is 127 Å². The van der Waals surface area contributed by atoms with Gasteiger partial charge in [-0.05, 0) is 74.9 Å². The zero-order valence-electron chi connectivity index (χ0n) is 26.4. The van der Waals surface area contributed by atoms with Gasteiger partial charge in [0.05, 0.1) is 47.3 Å². The van der Waals surface area contributed by atoms with Crippen LogP contribution in [0, 0.1) is 13.8 Å². The van der Waals surface area contributed by atoms with Crippen LogP contribution in [0.2, 0.25) is 0 Å². The highest BCUT2D eigenvalue weighted by Gasteiger charge is 2.32. The summed E-state index contributed by atoms with van der Waals surface area (Å²) >= 11 is 0. The number of aromatic amines is 2. The summed E-state index contributed by atoms with van der Waals surface area (Å²) in [4.78, 5) is 63.7. The molecule has 3 aromatic carbocycles. The van der Waals surface area contributed by atoms with E-state index in [0.717, 1.165) is 0 Å². The number of benzene rings is 3. The molecule has 5 aromatic rings. The highest BCUT2D eigenvalue weighted by Crippen LogP contribution is 2.37. The molecule has 4 N–H and O–H groups in total. The lowest BCUT2D eigenvalue weighted by atomic mass is 9.85. The van der Waals surface area contributed by atoms with Gasteiger partial charge < -0.3 is 24.4 Å². The van der Waals surface area contributed by atoms with E-state index in [1.807, 2.05) is 0 Å². The summed E-state index contributed by atoms with van der Waals surface area (Å²) in [6, 6.07) is 16.5. The normalized spacial score (nSPS) is 11.0. The fraction of sp³-hybridized carbons (Fsp3) is 0.206. The molecule has 2 aromatic heterocycles. The number of nitrogens with zero attached hydrogens (tertiary/aromatic N) is 2. The van der Waals surface area contributed by atoms with Crippen LogP contribution in [-0.4, -0.2) is 68.0 Å². The Labute approximate surface area is 272 Å². The summed E-state index contributed by atoms with van der Waals surface area (Å²) in [5.41, 5.74) is 1.00. The van der Waals surface area contributed by atoms with Gasteiger partial charge in [-0.1, -0.05) is 18.2 Å². The third kappa shape index (κ3) is 6.35. The zero-order chi connectivity index (χ0) is 34.7. The van der Waals surface area contributed by atoms with Crippen molar-refractivity contribution < 1.29 is 38.8 Å². The molecular formula is C34H32N4O10. The molecule has 2 heterocycles. The van der Waals surface area contributed by atoms with Gasteiger partial charge in [0.1, 0.15) is 0 Å². The number of ether oxygens (including phenoxy) is 3. The van der Waals surface area contributed by atoms with Gasteiger partial charge in [-0.2, -0.15) is 0 Å². The van der Waals surface area contributed by atoms with Crippen LogP contribution in [0.25, 0.3) is 11.4 Å². The third-order valence-corrected chi connectivity index (χ3v) is 7.69. The molecule has 14 heteroatoms. The summed E-state index contributed by atoms with van der Waals surface area (Å²) in [7, 11) is 1.40. The topological polar surface area (TPSA) is 195 Å². The Bertz CT molecular complexity index is 2040. The maximum atomic E-state index is 14.2. The van der Waals surface area contributed by atoms with Crippen LogP contribution in [0.1, 0.15) is 61.6 Å². The zero-order valence-corrected chi connectivity index (χ0v) is 26.4. The molecule has 0 amide bonds. The summed E-state index contributed by atoms with van der Waals surface area (Å²) < 4.78 is 18.5. The van der Waals surface area contributed by atoms with Crippen molar-refractivity contribution in [2.75, 3.05) is 20.3 Å². The molecule has 0 bridgehead atoms. The number of hydrogen-bond acceptors (Lipinski definition) is 8. The van der Waals surface area contributed by atoms with Gasteiger partial charge in [-0.3, -0.25) is 19.8 Å². The number of carbonyl (C=O) groups excluding carboxylic acids is 1. The Morgan fingerprint density at radius 1 is 0.771 bits per heavy atom. The first-order valence-electron chi connectivity index (χ1n) is 14.7. The Morgan fingerprint density at radius 3 is 1.75 bits per heavy atom. The summed E-state index contributed by atoms with van der Waals surface area (Å²) in [6.07, 6.45) is 0. The van der Waals surface area contributed by atoms with Gasteiger partial charge in [0.25, 0.3) is 11.1 Å². The van der Waals surface area contributed by atoms with Gasteiger partial charge in [-0.25, -0.2) is 23.7 Å². The predicted molar refractivity (Wildman–Crippen MR) is 172 cm³/mol. The smallest absolute Gasteiger partial charge is 0.344 e. The highest BCUT2D eigenvalue weighted by molar-refractivity contribution is 5.88.